The molecule has 3 nitrogen and oxygen atoms in total. The van der Waals surface area contributed by atoms with E-state index in [1.54, 1.807) is 0 Å². The Kier molecular flexibility index (Phi) is 6.39. The first-order chi connectivity index (χ1) is 14.0. The van der Waals surface area contributed by atoms with Gasteiger partial charge in [0.25, 0.3) is 0 Å². The quantitative estimate of drug-likeness (QED) is 0.492. The Labute approximate surface area is 182 Å². The smallest absolute Gasteiger partial charge is 0.430 e. The highest BCUT2D eigenvalue weighted by Crippen LogP contribution is 2.40. The van der Waals surface area contributed by atoms with Crippen molar-refractivity contribution in [3.63, 3.8) is 0 Å². The fourth-order valence-electron chi connectivity index (χ4n) is 3.28. The van der Waals surface area contributed by atoms with Gasteiger partial charge in [0, 0.05) is 15.6 Å². The fraction of sp³-hybridized carbons (Fsp3) is 0.318. The zero-order chi connectivity index (χ0) is 22.2. The molecule has 0 fully saturated rings. The molecule has 0 N–H and O–H groups in total. The van der Waals surface area contributed by atoms with E-state index in [-0.39, 0.29) is 17.9 Å². The van der Waals surface area contributed by atoms with Gasteiger partial charge in [-0.1, -0.05) is 35.3 Å². The highest BCUT2D eigenvalue weighted by molar-refractivity contribution is 6.32. The Morgan fingerprint density at radius 3 is 2.50 bits per heavy atom. The zero-order valence-electron chi connectivity index (χ0n) is 16.5. The van der Waals surface area contributed by atoms with Gasteiger partial charge in [0.05, 0.1) is 12.2 Å². The van der Waals surface area contributed by atoms with Crippen molar-refractivity contribution in [2.45, 2.75) is 39.5 Å². The Morgan fingerprint density at radius 2 is 1.87 bits per heavy atom. The van der Waals surface area contributed by atoms with E-state index < -0.39 is 23.8 Å². The van der Waals surface area contributed by atoms with E-state index in [9.17, 15) is 18.0 Å². The van der Waals surface area contributed by atoms with E-state index >= 15 is 0 Å². The van der Waals surface area contributed by atoms with Gasteiger partial charge in [0.2, 0.25) is 6.10 Å². The number of carbonyl (C=O) groups is 1. The molecule has 3 rings (SSSR count). The largest absolute Gasteiger partial charge is 0.475 e. The van der Waals surface area contributed by atoms with Crippen molar-refractivity contribution in [3.8, 4) is 5.75 Å². The number of alkyl halides is 3. The topological polar surface area (TPSA) is 35.5 Å². The first-order valence-corrected chi connectivity index (χ1v) is 9.97. The van der Waals surface area contributed by atoms with Crippen LogP contribution in [0.3, 0.4) is 0 Å². The van der Waals surface area contributed by atoms with Crippen LogP contribution in [-0.4, -0.2) is 24.9 Å². The van der Waals surface area contributed by atoms with Crippen molar-refractivity contribution in [1.82, 2.24) is 0 Å². The summed E-state index contributed by atoms with van der Waals surface area (Å²) in [6.07, 6.45) is -5.70. The minimum atomic E-state index is -4.78. The Hall–Kier alpha value is -2.18. The number of esters is 1. The van der Waals surface area contributed by atoms with Crippen LogP contribution >= 0.6 is 23.2 Å². The van der Waals surface area contributed by atoms with Gasteiger partial charge in [-0.15, -0.1) is 0 Å². The predicted molar refractivity (Wildman–Crippen MR) is 110 cm³/mol. The minimum Gasteiger partial charge on any atom is -0.475 e. The summed E-state index contributed by atoms with van der Waals surface area (Å²) in [6.45, 7) is 5.23. The molecule has 30 heavy (non-hydrogen) atoms. The number of hydrogen-bond acceptors (Lipinski definition) is 3. The van der Waals surface area contributed by atoms with Crippen molar-refractivity contribution >= 4 is 35.2 Å². The van der Waals surface area contributed by atoms with Crippen molar-refractivity contribution in [3.05, 3.63) is 67.7 Å². The summed E-state index contributed by atoms with van der Waals surface area (Å²) in [5, 5.41) is 0.982. The maximum Gasteiger partial charge on any atom is 0.430 e. The number of aryl methyl sites for hydroxylation is 1. The molecule has 1 unspecified atom stereocenters. The number of ether oxygens (including phenoxy) is 2. The SMILES string of the molecule is CCOC(=O)C1=Cc2cc(Cl)c(Cc3ccc(C)c(Cl)c3C)cc2OC1C(F)(F)F. The summed E-state index contributed by atoms with van der Waals surface area (Å²) < 4.78 is 50.6. The predicted octanol–water partition coefficient (Wildman–Crippen LogP) is 6.47. The van der Waals surface area contributed by atoms with E-state index in [1.807, 2.05) is 26.0 Å². The van der Waals surface area contributed by atoms with Crippen molar-refractivity contribution < 1.29 is 27.4 Å². The monoisotopic (exact) mass is 458 g/mol. The van der Waals surface area contributed by atoms with Gasteiger partial charge in [0.1, 0.15) is 5.75 Å². The average Bonchev–Trinajstić information content (AvgIpc) is 2.67. The molecule has 0 aliphatic carbocycles. The summed E-state index contributed by atoms with van der Waals surface area (Å²) in [4.78, 5) is 12.0. The molecule has 2 aromatic rings. The fourth-order valence-corrected chi connectivity index (χ4v) is 3.70. The molecule has 2 aromatic carbocycles. The molecule has 0 radical (unpaired) electrons. The number of hydrogen-bond donors (Lipinski definition) is 0. The summed E-state index contributed by atoms with van der Waals surface area (Å²) in [7, 11) is 0. The maximum absolute atomic E-state index is 13.5. The van der Waals surface area contributed by atoms with Gasteiger partial charge >= 0.3 is 12.1 Å². The first-order valence-electron chi connectivity index (χ1n) is 9.22. The Morgan fingerprint density at radius 1 is 1.17 bits per heavy atom. The van der Waals surface area contributed by atoms with Gasteiger partial charge < -0.3 is 9.47 Å². The third-order valence-electron chi connectivity index (χ3n) is 4.90. The summed E-state index contributed by atoms with van der Waals surface area (Å²) in [6, 6.07) is 6.75. The third kappa shape index (κ3) is 4.44. The molecule has 0 aromatic heterocycles. The normalized spacial score (nSPS) is 15.9. The van der Waals surface area contributed by atoms with E-state index in [0.29, 0.717) is 22.0 Å². The van der Waals surface area contributed by atoms with E-state index in [2.05, 4.69) is 0 Å². The number of benzene rings is 2. The molecule has 0 amide bonds. The summed E-state index contributed by atoms with van der Waals surface area (Å²) >= 11 is 12.7. The Balaban J connectivity index is 2.03. The van der Waals surface area contributed by atoms with Gasteiger partial charge in [-0.3, -0.25) is 0 Å². The second kappa shape index (κ2) is 8.52. The lowest BCUT2D eigenvalue weighted by Gasteiger charge is -2.28. The Bertz CT molecular complexity index is 1030. The van der Waals surface area contributed by atoms with Gasteiger partial charge in [-0.25, -0.2) is 4.79 Å². The number of rotatable bonds is 4. The lowest BCUT2D eigenvalue weighted by Crippen LogP contribution is -2.40. The number of halogens is 5. The van der Waals surface area contributed by atoms with Gasteiger partial charge in [-0.2, -0.15) is 13.2 Å². The van der Waals surface area contributed by atoms with Crippen molar-refractivity contribution in [2.75, 3.05) is 6.61 Å². The highest BCUT2D eigenvalue weighted by Gasteiger charge is 2.48. The summed E-state index contributed by atoms with van der Waals surface area (Å²) in [5.74, 6) is -1.07. The van der Waals surface area contributed by atoms with E-state index in [1.165, 1.54) is 19.1 Å². The first kappa shape index (κ1) is 22.5. The van der Waals surface area contributed by atoms with Crippen LogP contribution in [0.1, 0.15) is 34.7 Å². The summed E-state index contributed by atoms with van der Waals surface area (Å²) in [5.41, 5.74) is 2.98. The second-order valence-electron chi connectivity index (χ2n) is 7.00. The number of carbonyl (C=O) groups excluding carboxylic acids is 1. The van der Waals surface area contributed by atoms with Crippen LogP contribution in [0.15, 0.2) is 29.8 Å². The van der Waals surface area contributed by atoms with Crippen LogP contribution in [0.25, 0.3) is 6.08 Å². The van der Waals surface area contributed by atoms with E-state index in [0.717, 1.165) is 22.8 Å². The molecule has 8 heteroatoms. The molecule has 0 saturated carbocycles. The molecule has 1 heterocycles. The van der Waals surface area contributed by atoms with Gasteiger partial charge in [-0.05, 0) is 67.7 Å². The number of fused-ring (bicyclic) bond motifs is 1. The van der Waals surface area contributed by atoms with E-state index in [4.69, 9.17) is 32.7 Å². The van der Waals surface area contributed by atoms with Crippen LogP contribution in [0, 0.1) is 13.8 Å². The van der Waals surface area contributed by atoms with Crippen LogP contribution in [0.4, 0.5) is 13.2 Å². The standard InChI is InChI=1S/C22H19Cl2F3O3/c1-4-29-21(28)16-8-15-9-17(23)14(10-18(15)30-20(16)22(25,26)27)7-13-6-5-11(2)19(24)12(13)3/h5-6,8-10,20H,4,7H2,1-3H3. The van der Waals surface area contributed by atoms with Crippen LogP contribution in [0.5, 0.6) is 5.75 Å². The maximum atomic E-state index is 13.5. The third-order valence-corrected chi connectivity index (χ3v) is 5.83. The molecule has 0 bridgehead atoms. The molecule has 0 spiro atoms. The zero-order valence-corrected chi connectivity index (χ0v) is 18.0. The lowest BCUT2D eigenvalue weighted by molar-refractivity contribution is -0.187. The van der Waals surface area contributed by atoms with Crippen LogP contribution in [-0.2, 0) is 16.0 Å². The molecule has 1 atom stereocenters. The van der Waals surface area contributed by atoms with Crippen molar-refractivity contribution in [1.29, 1.82) is 0 Å². The molecule has 0 saturated heterocycles. The molecule has 160 valence electrons. The molecular formula is C22H19Cl2F3O3. The molecular weight excluding hydrogens is 440 g/mol. The lowest BCUT2D eigenvalue weighted by atomic mass is 9.95. The molecule has 1 aliphatic heterocycles. The minimum absolute atomic E-state index is 0.000588. The second-order valence-corrected chi connectivity index (χ2v) is 7.78. The van der Waals surface area contributed by atoms with Gasteiger partial charge in [0.15, 0.2) is 0 Å². The van der Waals surface area contributed by atoms with Crippen molar-refractivity contribution in [2.24, 2.45) is 0 Å². The van der Waals surface area contributed by atoms with Crippen LogP contribution < -0.4 is 4.74 Å². The average molecular weight is 459 g/mol. The highest BCUT2D eigenvalue weighted by atomic mass is 35.5. The molecule has 1 aliphatic rings. The van der Waals surface area contributed by atoms with Crippen LogP contribution in [0.2, 0.25) is 10.0 Å².